The van der Waals surface area contributed by atoms with E-state index in [1.807, 2.05) is 0 Å². The van der Waals surface area contributed by atoms with Gasteiger partial charge in [-0.25, -0.2) is 0 Å². The lowest BCUT2D eigenvalue weighted by molar-refractivity contribution is -0.375. The van der Waals surface area contributed by atoms with Crippen molar-refractivity contribution in [2.75, 3.05) is 26.4 Å². The van der Waals surface area contributed by atoms with E-state index in [2.05, 4.69) is 10.6 Å². The number of hydrogen-bond donors (Lipinski definition) is 14. The molecule has 4 unspecified atom stereocenters. The molecule has 2 amide bonds. The van der Waals surface area contributed by atoms with Gasteiger partial charge in [-0.3, -0.25) is 9.59 Å². The molecule has 4 heterocycles. The molecule has 0 aromatic carbocycles. The van der Waals surface area contributed by atoms with Crippen molar-refractivity contribution in [3.05, 3.63) is 0 Å². The molecular formula is C28H48N2O21. The smallest absolute Gasteiger partial charge is 0.217 e. The molecule has 4 aliphatic rings. The van der Waals surface area contributed by atoms with Crippen LogP contribution >= 0.6 is 0 Å². The van der Waals surface area contributed by atoms with Crippen molar-refractivity contribution in [2.45, 2.75) is 137 Å². The number of aliphatic hydroxyl groups is 12. The number of aliphatic hydroxyl groups excluding tert-OH is 12. The van der Waals surface area contributed by atoms with Gasteiger partial charge >= 0.3 is 0 Å². The first kappa shape index (κ1) is 41.9. The van der Waals surface area contributed by atoms with Crippen molar-refractivity contribution < 1.29 is 104 Å². The molecule has 0 aromatic rings. The average Bonchev–Trinajstić information content (AvgIpc) is 3.09. The third kappa shape index (κ3) is 9.11. The van der Waals surface area contributed by atoms with E-state index in [1.54, 1.807) is 0 Å². The fourth-order valence-electron chi connectivity index (χ4n) is 6.35. The molecule has 296 valence electrons. The third-order valence-corrected chi connectivity index (χ3v) is 9.01. The van der Waals surface area contributed by atoms with E-state index in [1.165, 1.54) is 0 Å². The van der Waals surface area contributed by atoms with Crippen LogP contribution in [-0.2, 0) is 42.7 Å². The predicted octanol–water partition coefficient (Wildman–Crippen LogP) is -9.46. The molecule has 23 nitrogen and oxygen atoms in total. The van der Waals surface area contributed by atoms with Crippen LogP contribution in [0.2, 0.25) is 0 Å². The molecule has 4 rings (SSSR count). The zero-order valence-corrected chi connectivity index (χ0v) is 27.4. The summed E-state index contributed by atoms with van der Waals surface area (Å²) >= 11 is 0. The Kier molecular flexibility index (Phi) is 14.8. The number of carbonyl (C=O) groups is 2. The maximum Gasteiger partial charge on any atom is 0.217 e. The van der Waals surface area contributed by atoms with Crippen molar-refractivity contribution in [3.63, 3.8) is 0 Å². The number of carbonyl (C=O) groups excluding carboxylic acids is 2. The largest absolute Gasteiger partial charge is 0.394 e. The van der Waals surface area contributed by atoms with Crippen molar-refractivity contribution in [3.8, 4) is 0 Å². The minimum absolute atomic E-state index is 0.678. The molecule has 4 saturated heterocycles. The Labute approximate surface area is 289 Å². The lowest BCUT2D eigenvalue weighted by atomic mass is 9.94. The highest BCUT2D eigenvalue weighted by Gasteiger charge is 2.55. The molecule has 0 aliphatic carbocycles. The van der Waals surface area contributed by atoms with E-state index in [0.717, 1.165) is 13.8 Å². The predicted molar refractivity (Wildman–Crippen MR) is 157 cm³/mol. The number of rotatable bonds is 12. The van der Waals surface area contributed by atoms with Crippen molar-refractivity contribution in [1.82, 2.24) is 10.6 Å². The molecule has 0 radical (unpaired) electrons. The van der Waals surface area contributed by atoms with E-state index in [9.17, 15) is 70.9 Å². The molecule has 14 N–H and O–H groups in total. The van der Waals surface area contributed by atoms with Crippen LogP contribution in [0.1, 0.15) is 13.8 Å². The Morgan fingerprint density at radius 2 is 0.882 bits per heavy atom. The Balaban J connectivity index is 1.53. The van der Waals surface area contributed by atoms with Crippen LogP contribution in [0.25, 0.3) is 0 Å². The Morgan fingerprint density at radius 1 is 0.471 bits per heavy atom. The highest BCUT2D eigenvalue weighted by molar-refractivity contribution is 5.73. The van der Waals surface area contributed by atoms with Gasteiger partial charge in [0.25, 0.3) is 0 Å². The summed E-state index contributed by atoms with van der Waals surface area (Å²) in [6.45, 7) is -1.25. The van der Waals surface area contributed by atoms with Gasteiger partial charge in [0.05, 0.1) is 26.4 Å². The first-order valence-electron chi connectivity index (χ1n) is 16.1. The van der Waals surface area contributed by atoms with Gasteiger partial charge in [-0.1, -0.05) is 0 Å². The average molecular weight is 749 g/mol. The van der Waals surface area contributed by atoms with Crippen molar-refractivity contribution in [2.24, 2.45) is 0 Å². The van der Waals surface area contributed by atoms with E-state index in [0.29, 0.717) is 0 Å². The Morgan fingerprint density at radius 3 is 1.41 bits per heavy atom. The Bertz CT molecular complexity index is 1140. The molecule has 23 heteroatoms. The molecule has 0 spiro atoms. The summed E-state index contributed by atoms with van der Waals surface area (Å²) in [5.74, 6) is -1.42. The lowest BCUT2D eigenvalue weighted by Gasteiger charge is -2.50. The summed E-state index contributed by atoms with van der Waals surface area (Å²) in [7, 11) is 0. The van der Waals surface area contributed by atoms with E-state index >= 15 is 0 Å². The molecule has 51 heavy (non-hydrogen) atoms. The van der Waals surface area contributed by atoms with Crippen LogP contribution in [-0.4, -0.2) is 222 Å². The number of amides is 2. The molecule has 0 aromatic heterocycles. The summed E-state index contributed by atoms with van der Waals surface area (Å²) in [5.41, 5.74) is 0. The maximum atomic E-state index is 12.2. The van der Waals surface area contributed by atoms with Gasteiger partial charge in [-0.05, 0) is 0 Å². The summed E-state index contributed by atoms with van der Waals surface area (Å²) in [4.78, 5) is 24.0. The van der Waals surface area contributed by atoms with Gasteiger partial charge in [0.15, 0.2) is 25.2 Å². The topological polar surface area (TPSA) is 366 Å². The van der Waals surface area contributed by atoms with Crippen LogP contribution in [0.5, 0.6) is 0 Å². The van der Waals surface area contributed by atoms with E-state index in [-0.39, 0.29) is 0 Å². The second-order valence-corrected chi connectivity index (χ2v) is 12.6. The molecule has 20 atom stereocenters. The monoisotopic (exact) mass is 748 g/mol. The number of nitrogens with one attached hydrogen (secondary N) is 2. The van der Waals surface area contributed by atoms with Crippen LogP contribution in [0.3, 0.4) is 0 Å². The summed E-state index contributed by atoms with van der Waals surface area (Å²) in [6, 6.07) is -3.05. The van der Waals surface area contributed by atoms with E-state index < -0.39 is 161 Å². The molecule has 0 saturated carbocycles. The van der Waals surface area contributed by atoms with Crippen molar-refractivity contribution in [1.29, 1.82) is 0 Å². The maximum absolute atomic E-state index is 12.2. The SMILES string of the molecule is CC(=O)N[C@H]1C(O[C@@H]2[C@H](O)[C@@H](O)C(O[C@H]3[C@@H](O)[C@@H](CO)OC(O)[C@@H]3NC(C)=O)O[C@@H]2CO)O[C@H](CO)[C@@H](OC2O[C@H](CO)[C@@H](O)[C@H](O)[C@H]2O)[C@@H]1O. The van der Waals surface area contributed by atoms with Crippen molar-refractivity contribution >= 4 is 11.8 Å². The van der Waals surface area contributed by atoms with Gasteiger partial charge in [-0.2, -0.15) is 0 Å². The summed E-state index contributed by atoms with van der Waals surface area (Å²) in [5, 5.41) is 129. The standard InChI is InChI=1S/C28H48N2O21/c1-7(35)29-13-17(39)22(50-27-20(42)18(40)15(37)9(3-31)46-27)11(5-33)47-26(13)49-23-12(6-34)48-28(21(43)19(23)41)51-24-14(30-8(2)36)25(44)45-10(4-32)16(24)38/h9-28,31-34,37-44H,3-6H2,1-2H3,(H,29,35)(H,30,36)/t9-,10-,11-,12-,13-,14-,15-,16+,17-,18+,19-,20-,21-,22-,23+,24-,25?,26?,27?,28?/m1/s1. The van der Waals surface area contributed by atoms with Gasteiger partial charge in [0.1, 0.15) is 97.5 Å². The molecule has 4 fully saturated rings. The van der Waals surface area contributed by atoms with Gasteiger partial charge in [-0.15, -0.1) is 0 Å². The summed E-state index contributed by atoms with van der Waals surface area (Å²) in [6.07, 6.45) is -31.2. The second-order valence-electron chi connectivity index (χ2n) is 12.6. The zero-order chi connectivity index (χ0) is 37.9. The highest BCUT2D eigenvalue weighted by Crippen LogP contribution is 2.34. The van der Waals surface area contributed by atoms with Gasteiger partial charge in [0, 0.05) is 13.8 Å². The van der Waals surface area contributed by atoms with Crippen LogP contribution < -0.4 is 10.6 Å². The fourth-order valence-corrected chi connectivity index (χ4v) is 6.35. The van der Waals surface area contributed by atoms with Crippen LogP contribution in [0.15, 0.2) is 0 Å². The number of ether oxygens (including phenoxy) is 7. The minimum atomic E-state index is -2.04. The first-order valence-corrected chi connectivity index (χ1v) is 16.1. The first-order chi connectivity index (χ1) is 24.1. The molecule has 4 aliphatic heterocycles. The molecule has 0 bridgehead atoms. The minimum Gasteiger partial charge on any atom is -0.394 e. The fraction of sp³-hybridized carbons (Fsp3) is 0.929. The second kappa shape index (κ2) is 18.0. The third-order valence-electron chi connectivity index (χ3n) is 9.01. The highest BCUT2D eigenvalue weighted by atomic mass is 16.8. The number of hydrogen-bond acceptors (Lipinski definition) is 21. The Hall–Kier alpha value is -1.82. The quantitative estimate of drug-likeness (QED) is 0.0881. The zero-order valence-electron chi connectivity index (χ0n) is 27.4. The van der Waals surface area contributed by atoms with Gasteiger partial charge in [0.2, 0.25) is 11.8 Å². The molecular weight excluding hydrogens is 700 g/mol. The van der Waals surface area contributed by atoms with Crippen LogP contribution in [0, 0.1) is 0 Å². The van der Waals surface area contributed by atoms with Gasteiger partial charge < -0.3 is 105 Å². The van der Waals surface area contributed by atoms with Crippen LogP contribution in [0.4, 0.5) is 0 Å². The summed E-state index contributed by atoms with van der Waals surface area (Å²) < 4.78 is 39.0. The normalized spacial score (nSPS) is 47.8. The lowest BCUT2D eigenvalue weighted by Crippen LogP contribution is -2.70. The van der Waals surface area contributed by atoms with E-state index in [4.69, 9.17) is 33.2 Å².